The van der Waals surface area contributed by atoms with Crippen LogP contribution in [0.4, 0.5) is 11.8 Å². The van der Waals surface area contributed by atoms with Crippen molar-refractivity contribution in [3.05, 3.63) is 34.0 Å². The number of fused-ring (bicyclic) bond motifs is 1. The van der Waals surface area contributed by atoms with Crippen LogP contribution >= 0.6 is 11.3 Å². The van der Waals surface area contributed by atoms with Crippen LogP contribution in [0, 0.1) is 6.92 Å². The largest absolute Gasteiger partial charge is 0.493 e. The predicted molar refractivity (Wildman–Crippen MR) is 98.2 cm³/mol. The van der Waals surface area contributed by atoms with Crippen molar-refractivity contribution in [3.63, 3.8) is 0 Å². The predicted octanol–water partition coefficient (Wildman–Crippen LogP) is 3.24. The number of benzene rings is 1. The summed E-state index contributed by atoms with van der Waals surface area (Å²) in [5, 5.41) is 2.84. The van der Waals surface area contributed by atoms with Crippen LogP contribution in [-0.2, 0) is 6.54 Å². The van der Waals surface area contributed by atoms with E-state index in [1.54, 1.807) is 31.6 Å². The van der Waals surface area contributed by atoms with Gasteiger partial charge in [-0.25, -0.2) is 4.98 Å². The van der Waals surface area contributed by atoms with Crippen molar-refractivity contribution in [2.24, 2.45) is 0 Å². The molecule has 0 spiro atoms. The van der Waals surface area contributed by atoms with Crippen LogP contribution in [-0.4, -0.2) is 31.2 Å². The van der Waals surface area contributed by atoms with Gasteiger partial charge in [0.15, 0.2) is 11.5 Å². The van der Waals surface area contributed by atoms with Crippen LogP contribution in [0.1, 0.15) is 10.4 Å². The molecule has 0 saturated heterocycles. The molecule has 0 aliphatic carbocycles. The van der Waals surface area contributed by atoms with Gasteiger partial charge in [-0.3, -0.25) is 0 Å². The van der Waals surface area contributed by atoms with Gasteiger partial charge in [0, 0.05) is 23.4 Å². The van der Waals surface area contributed by atoms with Crippen molar-refractivity contribution in [1.29, 1.82) is 0 Å². The molecule has 7 heteroatoms. The molecule has 6 nitrogen and oxygen atoms in total. The van der Waals surface area contributed by atoms with Crippen LogP contribution < -0.4 is 20.1 Å². The first-order valence-corrected chi connectivity index (χ1v) is 8.34. The molecular weight excluding hydrogens is 324 g/mol. The summed E-state index contributed by atoms with van der Waals surface area (Å²) >= 11 is 1.73. The summed E-state index contributed by atoms with van der Waals surface area (Å²) < 4.78 is 10.7. The maximum absolute atomic E-state index is 6.14. The van der Waals surface area contributed by atoms with Gasteiger partial charge < -0.3 is 20.1 Å². The number of thiophene rings is 1. The van der Waals surface area contributed by atoms with Crippen molar-refractivity contribution >= 4 is 34.0 Å². The molecule has 0 bridgehead atoms. The van der Waals surface area contributed by atoms with E-state index in [0.29, 0.717) is 23.3 Å². The molecule has 0 atom stereocenters. The Morgan fingerprint density at radius 3 is 2.50 bits per heavy atom. The minimum absolute atomic E-state index is 0.422. The SMILES string of the molecule is COc1cc2nc(N(C)Cc3sccc3C)nc(N)c2cc1OC. The lowest BCUT2D eigenvalue weighted by atomic mass is 10.2. The summed E-state index contributed by atoms with van der Waals surface area (Å²) in [6.07, 6.45) is 0. The molecule has 0 amide bonds. The minimum Gasteiger partial charge on any atom is -0.493 e. The third-order valence-electron chi connectivity index (χ3n) is 3.91. The van der Waals surface area contributed by atoms with E-state index < -0.39 is 0 Å². The lowest BCUT2D eigenvalue weighted by Gasteiger charge is -2.18. The van der Waals surface area contributed by atoms with E-state index in [1.165, 1.54) is 10.4 Å². The third kappa shape index (κ3) is 2.94. The molecule has 3 aromatic rings. The summed E-state index contributed by atoms with van der Waals surface area (Å²) in [6.45, 7) is 2.84. The lowest BCUT2D eigenvalue weighted by Crippen LogP contribution is -2.19. The van der Waals surface area contributed by atoms with Crippen molar-refractivity contribution < 1.29 is 9.47 Å². The number of aromatic nitrogens is 2. The Morgan fingerprint density at radius 1 is 1.17 bits per heavy atom. The second-order valence-corrected chi connectivity index (χ2v) is 6.52. The maximum Gasteiger partial charge on any atom is 0.227 e. The molecule has 24 heavy (non-hydrogen) atoms. The number of nitrogens with two attached hydrogens (primary N) is 1. The average molecular weight is 344 g/mol. The third-order valence-corrected chi connectivity index (χ3v) is 4.92. The van der Waals surface area contributed by atoms with E-state index in [1.807, 2.05) is 18.0 Å². The van der Waals surface area contributed by atoms with Crippen molar-refractivity contribution in [2.75, 3.05) is 31.9 Å². The number of hydrogen-bond donors (Lipinski definition) is 1. The Labute approximate surface area is 144 Å². The molecule has 126 valence electrons. The molecule has 0 saturated carbocycles. The van der Waals surface area contributed by atoms with Crippen LogP contribution in [0.25, 0.3) is 10.9 Å². The smallest absolute Gasteiger partial charge is 0.227 e. The van der Waals surface area contributed by atoms with Crippen LogP contribution in [0.15, 0.2) is 23.6 Å². The first-order chi connectivity index (χ1) is 11.5. The molecular formula is C17H20N4O2S. The molecule has 0 fully saturated rings. The zero-order valence-electron chi connectivity index (χ0n) is 14.2. The van der Waals surface area contributed by atoms with Crippen LogP contribution in [0.5, 0.6) is 11.5 Å². The second-order valence-electron chi connectivity index (χ2n) is 5.52. The quantitative estimate of drug-likeness (QED) is 0.766. The van der Waals surface area contributed by atoms with Gasteiger partial charge in [-0.15, -0.1) is 11.3 Å². The van der Waals surface area contributed by atoms with Crippen molar-refractivity contribution in [2.45, 2.75) is 13.5 Å². The minimum atomic E-state index is 0.422. The van der Waals surface area contributed by atoms with Crippen molar-refractivity contribution in [3.8, 4) is 11.5 Å². The van der Waals surface area contributed by atoms with Gasteiger partial charge >= 0.3 is 0 Å². The fourth-order valence-corrected chi connectivity index (χ4v) is 3.45. The summed E-state index contributed by atoms with van der Waals surface area (Å²) in [6, 6.07) is 5.73. The number of aryl methyl sites for hydroxylation is 1. The number of ether oxygens (including phenoxy) is 2. The average Bonchev–Trinajstić information content (AvgIpc) is 2.98. The van der Waals surface area contributed by atoms with E-state index in [0.717, 1.165) is 17.4 Å². The standard InChI is InChI=1S/C17H20N4O2S/c1-10-5-6-24-15(10)9-21(2)17-19-12-8-14(23-4)13(22-3)7-11(12)16(18)20-17/h5-8H,9H2,1-4H3,(H2,18,19,20). The van der Waals surface area contributed by atoms with Gasteiger partial charge in [-0.05, 0) is 30.0 Å². The summed E-state index contributed by atoms with van der Waals surface area (Å²) in [5.74, 6) is 2.23. The first-order valence-electron chi connectivity index (χ1n) is 7.46. The summed E-state index contributed by atoms with van der Waals surface area (Å²) in [4.78, 5) is 12.4. The van der Waals surface area contributed by atoms with Gasteiger partial charge in [0.1, 0.15) is 5.82 Å². The molecule has 3 rings (SSSR count). The Balaban J connectivity index is 2.01. The van der Waals surface area contributed by atoms with Gasteiger partial charge in [-0.1, -0.05) is 0 Å². The van der Waals surface area contributed by atoms with Gasteiger partial charge in [0.2, 0.25) is 5.95 Å². The van der Waals surface area contributed by atoms with Gasteiger partial charge in [0.05, 0.1) is 26.3 Å². The molecule has 0 aliphatic rings. The number of anilines is 2. The molecule has 1 aromatic carbocycles. The monoisotopic (exact) mass is 344 g/mol. The first kappa shape index (κ1) is 16.3. The normalized spacial score (nSPS) is 10.8. The molecule has 2 aromatic heterocycles. The van der Waals surface area contributed by atoms with E-state index in [2.05, 4.69) is 28.3 Å². The number of methoxy groups -OCH3 is 2. The zero-order valence-corrected chi connectivity index (χ0v) is 15.0. The van der Waals surface area contributed by atoms with Crippen molar-refractivity contribution in [1.82, 2.24) is 9.97 Å². The number of nitrogens with zero attached hydrogens (tertiary/aromatic N) is 3. The highest BCUT2D eigenvalue weighted by Gasteiger charge is 2.14. The number of nitrogen functional groups attached to an aromatic ring is 1. The maximum atomic E-state index is 6.14. The van der Waals surface area contributed by atoms with E-state index >= 15 is 0 Å². The molecule has 2 heterocycles. The molecule has 0 unspecified atom stereocenters. The van der Waals surface area contributed by atoms with E-state index in [4.69, 9.17) is 15.2 Å². The fraction of sp³-hybridized carbons (Fsp3) is 0.294. The number of hydrogen-bond acceptors (Lipinski definition) is 7. The second kappa shape index (κ2) is 6.52. The Kier molecular flexibility index (Phi) is 4.44. The fourth-order valence-electron chi connectivity index (χ4n) is 2.49. The molecule has 2 N–H and O–H groups in total. The van der Waals surface area contributed by atoms with Gasteiger partial charge in [0.25, 0.3) is 0 Å². The highest BCUT2D eigenvalue weighted by Crippen LogP contribution is 2.34. The lowest BCUT2D eigenvalue weighted by molar-refractivity contribution is 0.356. The van der Waals surface area contributed by atoms with E-state index in [9.17, 15) is 0 Å². The Morgan fingerprint density at radius 2 is 1.88 bits per heavy atom. The summed E-state index contributed by atoms with van der Waals surface area (Å²) in [5.41, 5.74) is 8.14. The van der Waals surface area contributed by atoms with Crippen LogP contribution in [0.2, 0.25) is 0 Å². The number of rotatable bonds is 5. The Bertz CT molecular complexity index is 878. The molecule has 0 aliphatic heterocycles. The van der Waals surface area contributed by atoms with E-state index in [-0.39, 0.29) is 0 Å². The zero-order chi connectivity index (χ0) is 17.3. The van der Waals surface area contributed by atoms with Crippen LogP contribution in [0.3, 0.4) is 0 Å². The topological polar surface area (TPSA) is 73.5 Å². The molecule has 0 radical (unpaired) electrons. The summed E-state index contributed by atoms with van der Waals surface area (Å²) in [7, 11) is 5.15. The Hall–Kier alpha value is -2.54. The highest BCUT2D eigenvalue weighted by molar-refractivity contribution is 7.10. The highest BCUT2D eigenvalue weighted by atomic mass is 32.1. The van der Waals surface area contributed by atoms with Gasteiger partial charge in [-0.2, -0.15) is 4.98 Å².